The van der Waals surface area contributed by atoms with Crippen molar-refractivity contribution in [2.75, 3.05) is 0 Å². The lowest BCUT2D eigenvalue weighted by Gasteiger charge is -2.07. The molecule has 19 heavy (non-hydrogen) atoms. The van der Waals surface area contributed by atoms with Gasteiger partial charge in [-0.15, -0.1) is 12.6 Å². The highest BCUT2D eigenvalue weighted by Gasteiger charge is 2.10. The van der Waals surface area contributed by atoms with Crippen molar-refractivity contribution in [3.05, 3.63) is 64.4 Å². The Bertz CT molecular complexity index is 616. The van der Waals surface area contributed by atoms with Crippen LogP contribution in [0.2, 0.25) is 5.02 Å². The Hall–Kier alpha value is -1.52. The summed E-state index contributed by atoms with van der Waals surface area (Å²) in [6, 6.07) is 10.9. The third-order valence-corrected chi connectivity index (χ3v) is 3.21. The molecule has 0 unspecified atom stereocenters. The molecule has 0 saturated heterocycles. The Labute approximate surface area is 120 Å². The quantitative estimate of drug-likeness (QED) is 0.681. The summed E-state index contributed by atoms with van der Waals surface area (Å²) >= 11 is 9.86. The summed E-state index contributed by atoms with van der Waals surface area (Å²) in [4.78, 5) is 11.9. The van der Waals surface area contributed by atoms with E-state index in [-0.39, 0.29) is 17.1 Å². The molecule has 2 aromatic rings. The highest BCUT2D eigenvalue weighted by molar-refractivity contribution is 7.80. The molecule has 0 spiro atoms. The monoisotopic (exact) mass is 296 g/mol. The van der Waals surface area contributed by atoms with E-state index < -0.39 is 11.8 Å². The van der Waals surface area contributed by atoms with Crippen LogP contribution in [0.3, 0.4) is 0 Å². The zero-order valence-corrected chi connectivity index (χ0v) is 11.4. The fourth-order valence-electron chi connectivity index (χ4n) is 1.48. The number of carbonyl (C=O) groups is 1. The molecule has 0 atom stereocenters. The van der Waals surface area contributed by atoms with Crippen LogP contribution in [-0.2, 0) is 11.3 Å². The van der Waals surface area contributed by atoms with Crippen molar-refractivity contribution in [1.29, 1.82) is 0 Å². The Morgan fingerprint density at radius 3 is 2.68 bits per heavy atom. The second-order valence-corrected chi connectivity index (χ2v) is 4.72. The van der Waals surface area contributed by atoms with E-state index >= 15 is 0 Å². The molecular formula is C14H10ClFO2S. The molecular weight excluding hydrogens is 287 g/mol. The summed E-state index contributed by atoms with van der Waals surface area (Å²) in [6.07, 6.45) is 0. The Morgan fingerprint density at radius 1 is 1.26 bits per heavy atom. The number of carbonyl (C=O) groups excluding carboxylic acids is 1. The van der Waals surface area contributed by atoms with Gasteiger partial charge < -0.3 is 4.74 Å². The highest BCUT2D eigenvalue weighted by Crippen LogP contribution is 2.18. The zero-order chi connectivity index (χ0) is 13.8. The van der Waals surface area contributed by atoms with Crippen LogP contribution in [0.15, 0.2) is 47.4 Å². The molecule has 0 heterocycles. The average molecular weight is 297 g/mol. The maximum atomic E-state index is 13.0. The van der Waals surface area contributed by atoms with Gasteiger partial charge in [0.25, 0.3) is 0 Å². The van der Waals surface area contributed by atoms with Gasteiger partial charge in [-0.1, -0.05) is 29.8 Å². The molecule has 0 N–H and O–H groups in total. The van der Waals surface area contributed by atoms with Crippen LogP contribution in [0, 0.1) is 5.82 Å². The average Bonchev–Trinajstić information content (AvgIpc) is 2.40. The number of thiol groups is 1. The van der Waals surface area contributed by atoms with E-state index in [1.165, 1.54) is 18.2 Å². The highest BCUT2D eigenvalue weighted by atomic mass is 35.5. The number of ether oxygens (including phenoxy) is 1. The fraction of sp³-hybridized carbons (Fsp3) is 0.0714. The van der Waals surface area contributed by atoms with Crippen LogP contribution in [0.1, 0.15) is 15.9 Å². The molecule has 0 amide bonds. The van der Waals surface area contributed by atoms with E-state index in [1.807, 2.05) is 0 Å². The van der Waals surface area contributed by atoms with Crippen LogP contribution in [0.5, 0.6) is 0 Å². The Balaban J connectivity index is 2.05. The van der Waals surface area contributed by atoms with Gasteiger partial charge in [-0.25, -0.2) is 9.18 Å². The van der Waals surface area contributed by atoms with Gasteiger partial charge in [0, 0.05) is 15.5 Å². The standard InChI is InChI=1S/C14H10ClFO2S/c15-11-4-2-1-3-10(11)8-18-14(17)9-5-6-12(16)13(19)7-9/h1-7,19H,8H2. The minimum atomic E-state index is -0.546. The minimum absolute atomic E-state index is 0.0672. The summed E-state index contributed by atoms with van der Waals surface area (Å²) < 4.78 is 18.1. The summed E-state index contributed by atoms with van der Waals surface area (Å²) in [5, 5.41) is 0.532. The van der Waals surface area contributed by atoms with E-state index in [4.69, 9.17) is 16.3 Å². The maximum absolute atomic E-state index is 13.0. The molecule has 0 fully saturated rings. The van der Waals surface area contributed by atoms with Gasteiger partial charge in [-0.3, -0.25) is 0 Å². The van der Waals surface area contributed by atoms with Crippen molar-refractivity contribution >= 4 is 30.2 Å². The van der Waals surface area contributed by atoms with Gasteiger partial charge >= 0.3 is 5.97 Å². The first-order valence-electron chi connectivity index (χ1n) is 5.47. The van der Waals surface area contributed by atoms with Crippen LogP contribution in [-0.4, -0.2) is 5.97 Å². The number of hydrogen-bond donors (Lipinski definition) is 1. The van der Waals surface area contributed by atoms with Gasteiger partial charge in [0.2, 0.25) is 0 Å². The lowest BCUT2D eigenvalue weighted by Crippen LogP contribution is -2.05. The largest absolute Gasteiger partial charge is 0.457 e. The molecule has 2 aromatic carbocycles. The Kier molecular flexibility index (Phi) is 4.45. The summed E-state index contributed by atoms with van der Waals surface area (Å²) in [6.45, 7) is 0.0672. The first kappa shape index (κ1) is 13.9. The first-order chi connectivity index (χ1) is 9.08. The van der Waals surface area contributed by atoms with Crippen molar-refractivity contribution in [3.8, 4) is 0 Å². The van der Waals surface area contributed by atoms with Crippen LogP contribution >= 0.6 is 24.2 Å². The number of rotatable bonds is 3. The van der Waals surface area contributed by atoms with Crippen molar-refractivity contribution in [2.45, 2.75) is 11.5 Å². The molecule has 5 heteroatoms. The molecule has 0 aliphatic rings. The molecule has 0 radical (unpaired) electrons. The van der Waals surface area contributed by atoms with Crippen molar-refractivity contribution in [3.63, 3.8) is 0 Å². The molecule has 98 valence electrons. The number of esters is 1. The van der Waals surface area contributed by atoms with E-state index in [0.717, 1.165) is 0 Å². The van der Waals surface area contributed by atoms with Gasteiger partial charge in [-0.05, 0) is 24.3 Å². The third-order valence-electron chi connectivity index (χ3n) is 2.50. The molecule has 0 saturated carbocycles. The van der Waals surface area contributed by atoms with Crippen LogP contribution < -0.4 is 0 Å². The van der Waals surface area contributed by atoms with E-state index in [1.54, 1.807) is 24.3 Å². The smallest absolute Gasteiger partial charge is 0.338 e. The molecule has 0 bridgehead atoms. The van der Waals surface area contributed by atoms with Gasteiger partial charge in [0.1, 0.15) is 12.4 Å². The van der Waals surface area contributed by atoms with Crippen molar-refractivity contribution in [1.82, 2.24) is 0 Å². The first-order valence-corrected chi connectivity index (χ1v) is 6.29. The van der Waals surface area contributed by atoms with E-state index in [9.17, 15) is 9.18 Å². The van der Waals surface area contributed by atoms with E-state index in [2.05, 4.69) is 12.6 Å². The van der Waals surface area contributed by atoms with Crippen LogP contribution in [0.4, 0.5) is 4.39 Å². The molecule has 0 aromatic heterocycles. The SMILES string of the molecule is O=C(OCc1ccccc1Cl)c1ccc(F)c(S)c1. The second-order valence-electron chi connectivity index (χ2n) is 3.83. The van der Waals surface area contributed by atoms with Gasteiger partial charge in [0.15, 0.2) is 0 Å². The second kappa shape index (κ2) is 6.08. The van der Waals surface area contributed by atoms with E-state index in [0.29, 0.717) is 10.6 Å². The fourth-order valence-corrected chi connectivity index (χ4v) is 1.89. The topological polar surface area (TPSA) is 26.3 Å². The van der Waals surface area contributed by atoms with Crippen molar-refractivity contribution in [2.24, 2.45) is 0 Å². The summed E-state index contributed by atoms with van der Waals surface area (Å²) in [5.41, 5.74) is 0.962. The lowest BCUT2D eigenvalue weighted by molar-refractivity contribution is 0.0472. The lowest BCUT2D eigenvalue weighted by atomic mass is 10.2. The molecule has 0 aliphatic heterocycles. The van der Waals surface area contributed by atoms with Gasteiger partial charge in [0.05, 0.1) is 5.56 Å². The van der Waals surface area contributed by atoms with Crippen LogP contribution in [0.25, 0.3) is 0 Å². The van der Waals surface area contributed by atoms with Crippen molar-refractivity contribution < 1.29 is 13.9 Å². The number of benzene rings is 2. The molecule has 2 rings (SSSR count). The maximum Gasteiger partial charge on any atom is 0.338 e. The summed E-state index contributed by atoms with van der Waals surface area (Å²) in [5.74, 6) is -1.03. The predicted molar refractivity (Wildman–Crippen MR) is 74.2 cm³/mol. The minimum Gasteiger partial charge on any atom is -0.457 e. The zero-order valence-electron chi connectivity index (χ0n) is 9.77. The molecule has 2 nitrogen and oxygen atoms in total. The van der Waals surface area contributed by atoms with Gasteiger partial charge in [-0.2, -0.15) is 0 Å². The number of hydrogen-bond acceptors (Lipinski definition) is 3. The third kappa shape index (κ3) is 3.49. The predicted octanol–water partition coefficient (Wildman–Crippen LogP) is 4.12. The summed E-state index contributed by atoms with van der Waals surface area (Å²) in [7, 11) is 0. The number of halogens is 2. The Morgan fingerprint density at radius 2 is 2.00 bits per heavy atom. The normalized spacial score (nSPS) is 10.3. The molecule has 0 aliphatic carbocycles.